The van der Waals surface area contributed by atoms with Crippen molar-refractivity contribution in [3.05, 3.63) is 71.4 Å². The molecule has 0 radical (unpaired) electrons. The van der Waals surface area contributed by atoms with Gasteiger partial charge in [0, 0.05) is 12.6 Å². The summed E-state index contributed by atoms with van der Waals surface area (Å²) < 4.78 is 11.3. The molecule has 0 aliphatic carbocycles. The zero-order chi connectivity index (χ0) is 24.3. The smallest absolute Gasteiger partial charge is 0.309 e. The first kappa shape index (κ1) is 23.0. The van der Waals surface area contributed by atoms with E-state index in [1.807, 2.05) is 30.3 Å². The number of likely N-dealkylation sites (N-methyl/N-ethyl adjacent to an activating group) is 1. The molecule has 0 spiro atoms. The minimum Gasteiger partial charge on any atom is -0.489 e. The van der Waals surface area contributed by atoms with E-state index in [2.05, 4.69) is 27.4 Å². The van der Waals surface area contributed by atoms with Gasteiger partial charge >= 0.3 is 11.8 Å². The number of hydrogen-bond donors (Lipinski definition) is 2. The summed E-state index contributed by atoms with van der Waals surface area (Å²) in [5.74, 6) is 5.13. The Labute approximate surface area is 196 Å². The Morgan fingerprint density at radius 1 is 1.24 bits per heavy atom. The molecule has 9 nitrogen and oxygen atoms in total. The zero-order valence-electron chi connectivity index (χ0n) is 19.0. The molecular weight excluding hydrogens is 436 g/mol. The normalized spacial score (nSPS) is 15.5. The van der Waals surface area contributed by atoms with Crippen LogP contribution in [0.1, 0.15) is 41.6 Å². The molecule has 1 atom stereocenters. The van der Waals surface area contributed by atoms with Gasteiger partial charge in [-0.05, 0) is 37.6 Å². The molecule has 2 amide bonds. The molecule has 2 heterocycles. The maximum Gasteiger partial charge on any atom is 0.309 e. The summed E-state index contributed by atoms with van der Waals surface area (Å²) in [5.41, 5.74) is 0.947. The Bertz CT molecular complexity index is 1270. The monoisotopic (exact) mass is 460 g/mol. The molecule has 1 aromatic heterocycles. The SMILES string of the molecule is CN1C(=O)C(NC(=O)c2nnc(Cc3ccccc3)o2)COc2ccc(C#CC(C)(C)O)cc21. The van der Waals surface area contributed by atoms with Gasteiger partial charge in [-0.15, -0.1) is 10.2 Å². The summed E-state index contributed by atoms with van der Waals surface area (Å²) in [7, 11) is 1.59. The average Bonchev–Trinajstić information content (AvgIpc) is 3.24. The fraction of sp³-hybridized carbons (Fsp3) is 0.280. The third-order valence-electron chi connectivity index (χ3n) is 5.03. The Morgan fingerprint density at radius 3 is 2.74 bits per heavy atom. The number of ether oxygens (including phenoxy) is 1. The third-order valence-corrected chi connectivity index (χ3v) is 5.03. The van der Waals surface area contributed by atoms with Crippen LogP contribution in [0.2, 0.25) is 0 Å². The maximum absolute atomic E-state index is 13.0. The molecule has 9 heteroatoms. The summed E-state index contributed by atoms with van der Waals surface area (Å²) in [6.45, 7) is 3.11. The summed E-state index contributed by atoms with van der Waals surface area (Å²) >= 11 is 0. The van der Waals surface area contributed by atoms with E-state index in [4.69, 9.17) is 9.15 Å². The summed E-state index contributed by atoms with van der Waals surface area (Å²) in [6.07, 6.45) is 0.392. The lowest BCUT2D eigenvalue weighted by Crippen LogP contribution is -2.49. The van der Waals surface area contributed by atoms with Crippen molar-refractivity contribution in [1.29, 1.82) is 0 Å². The van der Waals surface area contributed by atoms with Crippen LogP contribution in [0.5, 0.6) is 5.75 Å². The minimum absolute atomic E-state index is 0.0678. The molecule has 0 saturated heterocycles. The molecule has 1 unspecified atom stereocenters. The first-order valence-corrected chi connectivity index (χ1v) is 10.7. The number of amides is 2. The number of anilines is 1. The largest absolute Gasteiger partial charge is 0.489 e. The predicted molar refractivity (Wildman–Crippen MR) is 123 cm³/mol. The van der Waals surface area contributed by atoms with E-state index in [-0.39, 0.29) is 18.4 Å². The Hall–Kier alpha value is -4.16. The molecule has 2 N–H and O–H groups in total. The van der Waals surface area contributed by atoms with Crippen LogP contribution in [0.15, 0.2) is 52.9 Å². The first-order valence-electron chi connectivity index (χ1n) is 10.7. The van der Waals surface area contributed by atoms with E-state index in [0.29, 0.717) is 29.3 Å². The van der Waals surface area contributed by atoms with Crippen molar-refractivity contribution < 1.29 is 23.8 Å². The highest BCUT2D eigenvalue weighted by atomic mass is 16.5. The van der Waals surface area contributed by atoms with Gasteiger partial charge in [0.05, 0.1) is 12.1 Å². The van der Waals surface area contributed by atoms with Crippen LogP contribution in [-0.2, 0) is 11.2 Å². The van der Waals surface area contributed by atoms with E-state index in [9.17, 15) is 14.7 Å². The first-order chi connectivity index (χ1) is 16.2. The molecule has 0 saturated carbocycles. The Kier molecular flexibility index (Phi) is 6.34. The number of fused-ring (bicyclic) bond motifs is 1. The summed E-state index contributed by atoms with van der Waals surface area (Å²) in [4.78, 5) is 27.1. The number of nitrogens with one attached hydrogen (secondary N) is 1. The Morgan fingerprint density at radius 2 is 2.00 bits per heavy atom. The number of carbonyl (C=O) groups is 2. The number of benzene rings is 2. The van der Waals surface area contributed by atoms with Gasteiger partial charge < -0.3 is 24.5 Å². The van der Waals surface area contributed by atoms with Crippen molar-refractivity contribution in [3.8, 4) is 17.6 Å². The molecule has 0 fully saturated rings. The van der Waals surface area contributed by atoms with Crippen LogP contribution in [0.25, 0.3) is 0 Å². The molecule has 3 aromatic rings. The van der Waals surface area contributed by atoms with Crippen molar-refractivity contribution in [3.63, 3.8) is 0 Å². The van der Waals surface area contributed by atoms with E-state index < -0.39 is 17.6 Å². The molecular formula is C25H24N4O5. The van der Waals surface area contributed by atoms with Crippen molar-refractivity contribution in [2.24, 2.45) is 0 Å². The topological polar surface area (TPSA) is 118 Å². The number of hydrogen-bond acceptors (Lipinski definition) is 7. The highest BCUT2D eigenvalue weighted by molar-refractivity contribution is 6.02. The second-order valence-corrected chi connectivity index (χ2v) is 8.39. The van der Waals surface area contributed by atoms with E-state index in [1.165, 1.54) is 4.90 Å². The molecule has 1 aliphatic heterocycles. The minimum atomic E-state index is -1.14. The zero-order valence-corrected chi connectivity index (χ0v) is 19.0. The van der Waals surface area contributed by atoms with Gasteiger partial charge in [0.25, 0.3) is 5.91 Å². The van der Waals surface area contributed by atoms with Gasteiger partial charge in [-0.3, -0.25) is 9.59 Å². The highest BCUT2D eigenvalue weighted by Crippen LogP contribution is 2.31. The van der Waals surface area contributed by atoms with E-state index in [0.717, 1.165) is 5.56 Å². The van der Waals surface area contributed by atoms with Gasteiger partial charge in [0.15, 0.2) is 0 Å². The van der Waals surface area contributed by atoms with Crippen LogP contribution in [0.3, 0.4) is 0 Å². The number of aromatic nitrogens is 2. The molecule has 1 aliphatic rings. The lowest BCUT2D eigenvalue weighted by molar-refractivity contribution is -0.120. The van der Waals surface area contributed by atoms with Crippen molar-refractivity contribution in [1.82, 2.24) is 15.5 Å². The fourth-order valence-corrected chi connectivity index (χ4v) is 3.31. The molecule has 0 bridgehead atoms. The Balaban J connectivity index is 1.46. The summed E-state index contributed by atoms with van der Waals surface area (Å²) in [6, 6.07) is 13.7. The fourth-order valence-electron chi connectivity index (χ4n) is 3.31. The van der Waals surface area contributed by atoms with Crippen LogP contribution in [0, 0.1) is 11.8 Å². The molecule has 174 valence electrons. The van der Waals surface area contributed by atoms with Crippen molar-refractivity contribution >= 4 is 17.5 Å². The van der Waals surface area contributed by atoms with Gasteiger partial charge in [-0.25, -0.2) is 0 Å². The number of aliphatic hydroxyl groups is 1. The van der Waals surface area contributed by atoms with Gasteiger partial charge in [-0.2, -0.15) is 0 Å². The lowest BCUT2D eigenvalue weighted by atomic mass is 10.1. The lowest BCUT2D eigenvalue weighted by Gasteiger charge is -2.20. The second-order valence-electron chi connectivity index (χ2n) is 8.39. The van der Waals surface area contributed by atoms with Gasteiger partial charge in [0.1, 0.15) is 24.0 Å². The maximum atomic E-state index is 13.0. The summed E-state index contributed by atoms with van der Waals surface area (Å²) in [5, 5.41) is 20.2. The van der Waals surface area contributed by atoms with E-state index >= 15 is 0 Å². The van der Waals surface area contributed by atoms with E-state index in [1.54, 1.807) is 39.1 Å². The van der Waals surface area contributed by atoms with Crippen molar-refractivity contribution in [2.75, 3.05) is 18.6 Å². The van der Waals surface area contributed by atoms with Crippen LogP contribution >= 0.6 is 0 Å². The van der Waals surface area contributed by atoms with Gasteiger partial charge in [-0.1, -0.05) is 42.2 Å². The number of rotatable bonds is 4. The average molecular weight is 460 g/mol. The third kappa shape index (κ3) is 5.42. The second kappa shape index (κ2) is 9.37. The van der Waals surface area contributed by atoms with Crippen LogP contribution in [0.4, 0.5) is 5.69 Å². The molecule has 2 aromatic carbocycles. The molecule has 34 heavy (non-hydrogen) atoms. The quantitative estimate of drug-likeness (QED) is 0.571. The van der Waals surface area contributed by atoms with Crippen molar-refractivity contribution in [2.45, 2.75) is 31.9 Å². The van der Waals surface area contributed by atoms with Crippen LogP contribution < -0.4 is 15.0 Å². The van der Waals surface area contributed by atoms with Gasteiger partial charge in [0.2, 0.25) is 5.89 Å². The molecule has 4 rings (SSSR count). The van der Waals surface area contributed by atoms with Crippen LogP contribution in [-0.4, -0.2) is 52.4 Å². The number of nitrogens with zero attached hydrogens (tertiary/aromatic N) is 3. The highest BCUT2D eigenvalue weighted by Gasteiger charge is 2.32. The standard InChI is InChI=1S/C25H24N4O5/c1-25(2,32)12-11-17-9-10-20-19(13-17)29(3)24(31)18(15-33-20)26-22(30)23-28-27-21(34-23)14-16-7-5-4-6-8-16/h4-10,13,18,32H,14-15H2,1-3H3,(H,26,30). The predicted octanol–water partition coefficient (Wildman–Crippen LogP) is 1.94. The number of carbonyl (C=O) groups excluding carboxylic acids is 2.